The fourth-order valence-electron chi connectivity index (χ4n) is 3.83. The molecule has 5 heteroatoms. The van der Waals surface area contributed by atoms with Crippen molar-refractivity contribution in [3.63, 3.8) is 0 Å². The van der Waals surface area contributed by atoms with Gasteiger partial charge in [0.25, 0.3) is 0 Å². The smallest absolute Gasteiger partial charge is 0.378 e. The van der Waals surface area contributed by atoms with E-state index in [1.807, 2.05) is 12.1 Å². The van der Waals surface area contributed by atoms with Crippen molar-refractivity contribution in [3.8, 4) is 0 Å². The molecule has 0 radical (unpaired) electrons. The van der Waals surface area contributed by atoms with Gasteiger partial charge in [0, 0.05) is 29.0 Å². The maximum atomic E-state index is 12.1. The predicted octanol–water partition coefficient (Wildman–Crippen LogP) is 4.36. The minimum absolute atomic E-state index is 0.0488. The predicted molar refractivity (Wildman–Crippen MR) is 108 cm³/mol. The fourth-order valence-corrected chi connectivity index (χ4v) is 3.83. The topological polar surface area (TPSA) is 50.4 Å². The monoisotopic (exact) mass is 344 g/mol. The Labute approximate surface area is 153 Å². The van der Waals surface area contributed by atoms with E-state index in [9.17, 15) is 4.79 Å². The van der Waals surface area contributed by atoms with Crippen molar-refractivity contribution < 1.29 is 9.53 Å². The summed E-state index contributed by atoms with van der Waals surface area (Å²) in [6.45, 7) is 1.98. The minimum Gasteiger partial charge on any atom is -0.469 e. The average Bonchev–Trinajstić information content (AvgIpc) is 2.67. The van der Waals surface area contributed by atoms with Crippen LogP contribution in [-0.4, -0.2) is 20.1 Å². The first kappa shape index (κ1) is 16.5. The fraction of sp³-hybridized carbons (Fsp3) is 0.190. The Morgan fingerprint density at radius 2 is 1.65 bits per heavy atom. The lowest BCUT2D eigenvalue weighted by Crippen LogP contribution is -2.44. The largest absolute Gasteiger partial charge is 0.469 e. The minimum atomic E-state index is -0.209. The Balaban J connectivity index is 1.75. The Morgan fingerprint density at radius 1 is 1.00 bits per heavy atom. The molecule has 0 saturated heterocycles. The zero-order valence-electron chi connectivity index (χ0n) is 15.0. The van der Waals surface area contributed by atoms with Crippen LogP contribution in [0, 0.1) is 6.92 Å². The summed E-state index contributed by atoms with van der Waals surface area (Å²) >= 11 is 0. The molecular formula is C21H21BN2O2. The van der Waals surface area contributed by atoms with Gasteiger partial charge in [-0.1, -0.05) is 48.5 Å². The van der Waals surface area contributed by atoms with Crippen molar-refractivity contribution in [3.05, 3.63) is 71.8 Å². The van der Waals surface area contributed by atoms with E-state index in [0.29, 0.717) is 6.42 Å². The number of esters is 1. The Morgan fingerprint density at radius 3 is 2.27 bits per heavy atom. The van der Waals surface area contributed by atoms with Gasteiger partial charge in [-0.15, -0.1) is 0 Å². The van der Waals surface area contributed by atoms with E-state index in [4.69, 9.17) is 4.74 Å². The molecule has 1 heterocycles. The lowest BCUT2D eigenvalue weighted by molar-refractivity contribution is -0.140. The highest BCUT2D eigenvalue weighted by molar-refractivity contribution is 6.69. The quantitative estimate of drug-likeness (QED) is 0.545. The second-order valence-electron chi connectivity index (χ2n) is 6.72. The molecule has 2 N–H and O–H groups in total. The van der Waals surface area contributed by atoms with E-state index in [-0.39, 0.29) is 18.8 Å². The second kappa shape index (κ2) is 6.75. The molecule has 3 aromatic carbocycles. The van der Waals surface area contributed by atoms with Crippen LogP contribution in [0.4, 0.5) is 11.4 Å². The summed E-state index contributed by atoms with van der Waals surface area (Å²) in [6.07, 6.45) is 0.310. The summed E-state index contributed by atoms with van der Waals surface area (Å²) in [4.78, 5) is 12.1. The van der Waals surface area contributed by atoms with Gasteiger partial charge in [0.15, 0.2) is 0 Å². The van der Waals surface area contributed by atoms with Crippen molar-refractivity contribution in [1.29, 1.82) is 0 Å². The van der Waals surface area contributed by atoms with Gasteiger partial charge in [-0.2, -0.15) is 0 Å². The van der Waals surface area contributed by atoms with Crippen molar-refractivity contribution in [2.75, 3.05) is 17.6 Å². The molecule has 0 unspecified atom stereocenters. The molecule has 0 saturated carbocycles. The van der Waals surface area contributed by atoms with Crippen molar-refractivity contribution in [2.45, 2.75) is 19.2 Å². The summed E-state index contributed by atoms with van der Waals surface area (Å²) in [5.74, 6) is -0.258. The lowest BCUT2D eigenvalue weighted by Gasteiger charge is -2.32. The molecule has 1 atom stereocenters. The van der Waals surface area contributed by atoms with E-state index in [2.05, 4.69) is 65.9 Å². The Kier molecular flexibility index (Phi) is 4.29. The van der Waals surface area contributed by atoms with E-state index in [1.165, 1.54) is 23.4 Å². The third-order valence-electron chi connectivity index (χ3n) is 5.13. The normalized spacial score (nSPS) is 13.7. The number of methoxy groups -OCH3 is 1. The van der Waals surface area contributed by atoms with Crippen LogP contribution in [0.25, 0.3) is 10.8 Å². The third-order valence-corrected chi connectivity index (χ3v) is 5.13. The number of nitrogens with one attached hydrogen (secondary N) is 2. The van der Waals surface area contributed by atoms with E-state index in [0.717, 1.165) is 16.9 Å². The second-order valence-corrected chi connectivity index (χ2v) is 6.72. The molecule has 0 aliphatic carbocycles. The molecule has 26 heavy (non-hydrogen) atoms. The standard InChI is InChI=1S/C21H21BN2O2/c1-14-7-3-4-10-16(14)17(13-20(25)26-2)22-23-18-11-5-8-15-9-6-12-19(24-22)21(15)18/h3-12,17,23-24H,13H2,1-2H3/t17-/m1/s1. The van der Waals surface area contributed by atoms with Crippen LogP contribution in [0.5, 0.6) is 0 Å². The van der Waals surface area contributed by atoms with Crippen molar-refractivity contribution in [1.82, 2.24) is 0 Å². The molecular weight excluding hydrogens is 323 g/mol. The Hall–Kier alpha value is -2.95. The first-order valence-electron chi connectivity index (χ1n) is 8.84. The zero-order valence-corrected chi connectivity index (χ0v) is 15.0. The van der Waals surface area contributed by atoms with Gasteiger partial charge in [-0.05, 0) is 35.6 Å². The molecule has 0 fully saturated rings. The van der Waals surface area contributed by atoms with Crippen LogP contribution >= 0.6 is 0 Å². The van der Waals surface area contributed by atoms with E-state index >= 15 is 0 Å². The Bertz CT molecular complexity index is 932. The van der Waals surface area contributed by atoms with Crippen LogP contribution in [-0.2, 0) is 9.53 Å². The molecule has 130 valence electrons. The summed E-state index contributed by atoms with van der Waals surface area (Å²) in [5.41, 5.74) is 4.49. The van der Waals surface area contributed by atoms with Gasteiger partial charge in [-0.25, -0.2) is 0 Å². The van der Waals surface area contributed by atoms with Crippen LogP contribution in [0.3, 0.4) is 0 Å². The highest BCUT2D eigenvalue weighted by atomic mass is 16.5. The number of carbonyl (C=O) groups excluding carboxylic acids is 1. The molecule has 0 aromatic heterocycles. The first-order valence-corrected chi connectivity index (χ1v) is 8.84. The van der Waals surface area contributed by atoms with Gasteiger partial charge in [0.05, 0.1) is 7.11 Å². The highest BCUT2D eigenvalue weighted by Gasteiger charge is 2.35. The van der Waals surface area contributed by atoms with E-state index in [1.54, 1.807) is 0 Å². The third kappa shape index (κ3) is 2.90. The van der Waals surface area contributed by atoms with Gasteiger partial charge >= 0.3 is 13.0 Å². The van der Waals surface area contributed by atoms with Gasteiger partial charge in [-0.3, -0.25) is 4.79 Å². The molecule has 1 aliphatic heterocycles. The number of ether oxygens (including phenoxy) is 1. The zero-order chi connectivity index (χ0) is 18.1. The number of carbonyl (C=O) groups is 1. The van der Waals surface area contributed by atoms with Gasteiger partial charge in [0.1, 0.15) is 0 Å². The number of benzene rings is 3. The number of hydrogen-bond donors (Lipinski definition) is 2. The number of aryl methyl sites for hydroxylation is 1. The number of hydrogen-bond acceptors (Lipinski definition) is 4. The van der Waals surface area contributed by atoms with Crippen LogP contribution in [0.2, 0.25) is 0 Å². The SMILES string of the molecule is COC(=O)C[C@@H](B1Nc2cccc3cccc(c23)N1)c1ccccc1C. The first-order chi connectivity index (χ1) is 12.7. The lowest BCUT2D eigenvalue weighted by atomic mass is 9.56. The van der Waals surface area contributed by atoms with Crippen LogP contribution < -0.4 is 10.5 Å². The molecule has 0 spiro atoms. The van der Waals surface area contributed by atoms with Gasteiger partial charge in [0.2, 0.25) is 0 Å². The molecule has 0 amide bonds. The van der Waals surface area contributed by atoms with Crippen LogP contribution in [0.1, 0.15) is 23.4 Å². The summed E-state index contributed by atoms with van der Waals surface area (Å²) < 4.78 is 4.97. The maximum absolute atomic E-state index is 12.1. The molecule has 0 bridgehead atoms. The molecule has 4 nitrogen and oxygen atoms in total. The van der Waals surface area contributed by atoms with Crippen molar-refractivity contribution >= 4 is 35.1 Å². The summed E-state index contributed by atoms with van der Waals surface area (Å²) in [6, 6.07) is 20.7. The van der Waals surface area contributed by atoms with Crippen molar-refractivity contribution in [2.24, 2.45) is 0 Å². The molecule has 4 rings (SSSR count). The average molecular weight is 344 g/mol. The van der Waals surface area contributed by atoms with E-state index < -0.39 is 0 Å². The number of anilines is 2. The molecule has 1 aliphatic rings. The highest BCUT2D eigenvalue weighted by Crippen LogP contribution is 2.37. The molecule has 3 aromatic rings. The summed E-state index contributed by atoms with van der Waals surface area (Å²) in [5, 5.41) is 9.58. The maximum Gasteiger partial charge on any atom is 0.378 e. The van der Waals surface area contributed by atoms with Gasteiger partial charge < -0.3 is 15.2 Å². The van der Waals surface area contributed by atoms with Crippen LogP contribution in [0.15, 0.2) is 60.7 Å². The summed E-state index contributed by atoms with van der Waals surface area (Å²) in [7, 11) is 1.44. The number of rotatable bonds is 4.